The van der Waals surface area contributed by atoms with Crippen LogP contribution in [0.2, 0.25) is 0 Å². The lowest BCUT2D eigenvalue weighted by Gasteiger charge is -2.15. The Bertz CT molecular complexity index is 326. The van der Waals surface area contributed by atoms with Crippen LogP contribution in [0.15, 0.2) is 6.07 Å². The van der Waals surface area contributed by atoms with E-state index < -0.39 is 6.43 Å². The molecule has 0 aromatic carbocycles. The van der Waals surface area contributed by atoms with Crippen molar-refractivity contribution < 1.29 is 8.78 Å². The molecule has 0 aliphatic rings. The van der Waals surface area contributed by atoms with Crippen molar-refractivity contribution in [1.29, 1.82) is 0 Å². The summed E-state index contributed by atoms with van der Waals surface area (Å²) >= 11 is 1.72. The highest BCUT2D eigenvalue weighted by atomic mass is 32.1. The number of thiophene rings is 1. The summed E-state index contributed by atoms with van der Waals surface area (Å²) in [7, 11) is 3.62. The molecule has 0 fully saturated rings. The number of nitrogens with zero attached hydrogens (tertiary/aromatic N) is 1. The summed E-state index contributed by atoms with van der Waals surface area (Å²) in [6, 6.07) is 2.10. The van der Waals surface area contributed by atoms with Crippen molar-refractivity contribution in [2.24, 2.45) is 0 Å². The molecule has 0 aliphatic heterocycles. The van der Waals surface area contributed by atoms with E-state index in [0.717, 1.165) is 12.1 Å². The third kappa shape index (κ3) is 4.15. The van der Waals surface area contributed by atoms with E-state index in [1.807, 2.05) is 14.0 Å². The van der Waals surface area contributed by atoms with Crippen LogP contribution in [-0.4, -0.2) is 32.0 Å². The molecule has 1 rings (SSSR count). The Morgan fingerprint density at radius 1 is 1.50 bits per heavy atom. The Kier molecular flexibility index (Phi) is 5.31. The van der Waals surface area contributed by atoms with Gasteiger partial charge in [-0.05, 0) is 32.6 Å². The maximum absolute atomic E-state index is 12.2. The van der Waals surface area contributed by atoms with Crippen molar-refractivity contribution >= 4 is 11.3 Å². The first kappa shape index (κ1) is 13.5. The van der Waals surface area contributed by atoms with E-state index in [0.29, 0.717) is 6.54 Å². The smallest absolute Gasteiger partial charge is 0.251 e. The van der Waals surface area contributed by atoms with Crippen LogP contribution in [0.5, 0.6) is 0 Å². The van der Waals surface area contributed by atoms with E-state index in [4.69, 9.17) is 0 Å². The lowest BCUT2D eigenvalue weighted by molar-refractivity contribution is 0.0975. The van der Waals surface area contributed by atoms with Gasteiger partial charge in [0.1, 0.15) is 0 Å². The molecule has 0 amide bonds. The Morgan fingerprint density at radius 3 is 2.75 bits per heavy atom. The minimum Gasteiger partial charge on any atom is -0.315 e. The zero-order chi connectivity index (χ0) is 12.1. The molecule has 16 heavy (non-hydrogen) atoms. The summed E-state index contributed by atoms with van der Waals surface area (Å²) < 4.78 is 24.3. The van der Waals surface area contributed by atoms with E-state index in [9.17, 15) is 8.78 Å². The quantitative estimate of drug-likeness (QED) is 0.832. The van der Waals surface area contributed by atoms with Crippen LogP contribution in [0.3, 0.4) is 0 Å². The second kappa shape index (κ2) is 6.27. The first-order valence-electron chi connectivity index (χ1n) is 5.22. The fourth-order valence-corrected chi connectivity index (χ4v) is 2.66. The van der Waals surface area contributed by atoms with E-state index in [2.05, 4.69) is 11.4 Å². The Morgan fingerprint density at radius 2 is 2.19 bits per heavy atom. The Labute approximate surface area is 99.3 Å². The van der Waals surface area contributed by atoms with Crippen LogP contribution in [0.1, 0.15) is 15.3 Å². The van der Waals surface area contributed by atoms with Crippen molar-refractivity contribution in [3.63, 3.8) is 0 Å². The molecule has 0 atom stereocenters. The average Bonchev–Trinajstić information content (AvgIpc) is 2.46. The van der Waals surface area contributed by atoms with Crippen LogP contribution in [-0.2, 0) is 13.1 Å². The van der Waals surface area contributed by atoms with Crippen molar-refractivity contribution in [1.82, 2.24) is 10.2 Å². The standard InChI is InChI=1S/C11H18F2N2S/c1-8-9(4-10(16-8)5-14-2)6-15(3)7-11(12)13/h4,11,14H,5-7H2,1-3H3. The molecule has 0 aliphatic carbocycles. The van der Waals surface area contributed by atoms with E-state index in [1.165, 1.54) is 9.75 Å². The van der Waals surface area contributed by atoms with Gasteiger partial charge in [-0.2, -0.15) is 0 Å². The zero-order valence-corrected chi connectivity index (χ0v) is 10.7. The first-order chi connectivity index (χ1) is 7.52. The SMILES string of the molecule is CNCc1cc(CN(C)CC(F)F)c(C)s1. The maximum Gasteiger partial charge on any atom is 0.251 e. The second-order valence-electron chi connectivity index (χ2n) is 3.91. The fourth-order valence-electron chi connectivity index (χ4n) is 1.60. The topological polar surface area (TPSA) is 15.3 Å². The van der Waals surface area contributed by atoms with Gasteiger partial charge in [-0.25, -0.2) is 8.78 Å². The van der Waals surface area contributed by atoms with Crippen LogP contribution >= 0.6 is 11.3 Å². The first-order valence-corrected chi connectivity index (χ1v) is 6.04. The van der Waals surface area contributed by atoms with Gasteiger partial charge in [-0.15, -0.1) is 11.3 Å². The molecule has 0 saturated heterocycles. The largest absolute Gasteiger partial charge is 0.315 e. The minimum atomic E-state index is -2.26. The third-order valence-corrected chi connectivity index (χ3v) is 3.41. The number of rotatable bonds is 6. The van der Waals surface area contributed by atoms with Crippen molar-refractivity contribution in [2.45, 2.75) is 26.4 Å². The van der Waals surface area contributed by atoms with Gasteiger partial charge in [0, 0.05) is 22.8 Å². The third-order valence-electron chi connectivity index (χ3n) is 2.31. The minimum absolute atomic E-state index is 0.170. The number of nitrogens with one attached hydrogen (secondary N) is 1. The number of hydrogen-bond acceptors (Lipinski definition) is 3. The molecule has 1 heterocycles. The Balaban J connectivity index is 2.58. The summed E-state index contributed by atoms with van der Waals surface area (Å²) in [6.07, 6.45) is -2.26. The van der Waals surface area contributed by atoms with Gasteiger partial charge in [-0.1, -0.05) is 0 Å². The molecule has 2 nitrogen and oxygen atoms in total. The predicted molar refractivity (Wildman–Crippen MR) is 64.2 cm³/mol. The van der Waals surface area contributed by atoms with Crippen LogP contribution < -0.4 is 5.32 Å². The number of aryl methyl sites for hydroxylation is 1. The average molecular weight is 248 g/mol. The Hall–Kier alpha value is -0.520. The monoisotopic (exact) mass is 248 g/mol. The van der Waals surface area contributed by atoms with Gasteiger partial charge in [0.25, 0.3) is 6.43 Å². The lowest BCUT2D eigenvalue weighted by atomic mass is 10.2. The molecule has 0 radical (unpaired) electrons. The maximum atomic E-state index is 12.2. The van der Waals surface area contributed by atoms with Gasteiger partial charge in [0.2, 0.25) is 0 Å². The summed E-state index contributed by atoms with van der Waals surface area (Å²) in [5.74, 6) is 0. The normalized spacial score (nSPS) is 11.7. The number of alkyl halides is 2. The van der Waals surface area contributed by atoms with E-state index in [-0.39, 0.29) is 6.54 Å². The summed E-state index contributed by atoms with van der Waals surface area (Å²) in [4.78, 5) is 4.12. The van der Waals surface area contributed by atoms with Crippen molar-refractivity contribution in [2.75, 3.05) is 20.6 Å². The molecule has 0 saturated carbocycles. The van der Waals surface area contributed by atoms with Crippen molar-refractivity contribution in [3.05, 3.63) is 21.4 Å². The summed E-state index contributed by atoms with van der Waals surface area (Å²) in [6.45, 7) is 3.30. The van der Waals surface area contributed by atoms with Gasteiger partial charge in [0.05, 0.1) is 6.54 Å². The zero-order valence-electron chi connectivity index (χ0n) is 9.89. The number of hydrogen-bond donors (Lipinski definition) is 1. The van der Waals surface area contributed by atoms with Crippen LogP contribution in [0.25, 0.3) is 0 Å². The molecule has 0 spiro atoms. The molecule has 0 unspecified atom stereocenters. The number of halogens is 2. The van der Waals surface area contributed by atoms with Gasteiger partial charge >= 0.3 is 0 Å². The lowest BCUT2D eigenvalue weighted by Crippen LogP contribution is -2.24. The molecule has 1 aromatic heterocycles. The molecule has 92 valence electrons. The van der Waals surface area contributed by atoms with Gasteiger partial charge in [-0.3, -0.25) is 4.90 Å². The molecule has 5 heteroatoms. The highest BCUT2D eigenvalue weighted by Crippen LogP contribution is 2.22. The van der Waals surface area contributed by atoms with Crippen LogP contribution in [0, 0.1) is 6.92 Å². The fraction of sp³-hybridized carbons (Fsp3) is 0.636. The van der Waals surface area contributed by atoms with E-state index in [1.54, 1.807) is 23.3 Å². The van der Waals surface area contributed by atoms with E-state index >= 15 is 0 Å². The summed E-state index contributed by atoms with van der Waals surface area (Å²) in [5.41, 5.74) is 1.15. The summed E-state index contributed by atoms with van der Waals surface area (Å²) in [5, 5.41) is 3.09. The van der Waals surface area contributed by atoms with Crippen LogP contribution in [0.4, 0.5) is 8.78 Å². The molecular formula is C11H18F2N2S. The predicted octanol–water partition coefficient (Wildman–Crippen LogP) is 2.47. The highest BCUT2D eigenvalue weighted by molar-refractivity contribution is 7.12. The molecular weight excluding hydrogens is 230 g/mol. The molecule has 1 aromatic rings. The van der Waals surface area contributed by atoms with Crippen molar-refractivity contribution in [3.8, 4) is 0 Å². The molecule has 1 N–H and O–H groups in total. The van der Waals surface area contributed by atoms with Gasteiger partial charge < -0.3 is 5.32 Å². The molecule has 0 bridgehead atoms. The second-order valence-corrected chi connectivity index (χ2v) is 5.25. The van der Waals surface area contributed by atoms with Gasteiger partial charge in [0.15, 0.2) is 0 Å². The highest BCUT2D eigenvalue weighted by Gasteiger charge is 2.11.